The monoisotopic (exact) mass is 437 g/mol. The van der Waals surface area contributed by atoms with E-state index < -0.39 is 11.9 Å². The van der Waals surface area contributed by atoms with Crippen LogP contribution in [0.2, 0.25) is 0 Å². The van der Waals surface area contributed by atoms with Gasteiger partial charge in [-0.25, -0.2) is 0 Å². The molecule has 0 saturated carbocycles. The lowest BCUT2D eigenvalue weighted by Gasteiger charge is -2.52. The van der Waals surface area contributed by atoms with E-state index >= 15 is 0 Å². The van der Waals surface area contributed by atoms with Crippen LogP contribution in [0.5, 0.6) is 0 Å². The first-order chi connectivity index (χ1) is 14.8. The molecule has 0 aliphatic carbocycles. The molecule has 0 aromatic carbocycles. The Labute approximate surface area is 178 Å². The van der Waals surface area contributed by atoms with Crippen LogP contribution in [-0.4, -0.2) is 69.4 Å². The van der Waals surface area contributed by atoms with Crippen molar-refractivity contribution in [1.29, 1.82) is 0 Å². The largest absolute Gasteiger partial charge is 0.435 e. The Morgan fingerprint density at radius 1 is 1.29 bits per heavy atom. The molecule has 2 aromatic rings. The number of rotatable bonds is 5. The first-order valence-electron chi connectivity index (χ1n) is 10.4. The van der Waals surface area contributed by atoms with Crippen LogP contribution >= 0.6 is 0 Å². The molecule has 2 aliphatic heterocycles. The smallest absolute Gasteiger partial charge is 0.378 e. The highest BCUT2D eigenvalue weighted by Gasteiger charge is 2.44. The highest BCUT2D eigenvalue weighted by atomic mass is 19.4. The lowest BCUT2D eigenvalue weighted by Crippen LogP contribution is -2.60. The Hall–Kier alpha value is -2.46. The number of nitrogens with zero attached hydrogens (tertiary/aromatic N) is 5. The van der Waals surface area contributed by atoms with Crippen LogP contribution in [0.15, 0.2) is 30.6 Å². The summed E-state index contributed by atoms with van der Waals surface area (Å²) in [5.41, 5.74) is 0.471. The molecule has 0 radical (unpaired) electrons. The molecule has 0 bridgehead atoms. The zero-order valence-electron chi connectivity index (χ0n) is 17.5. The number of carbonyl (C=O) groups is 1. The predicted octanol–water partition coefficient (Wildman–Crippen LogP) is 2.67. The second-order valence-electron chi connectivity index (χ2n) is 8.14. The van der Waals surface area contributed by atoms with E-state index in [2.05, 4.69) is 21.0 Å². The first-order valence-corrected chi connectivity index (χ1v) is 10.4. The maximum atomic E-state index is 12.8. The predicted molar refractivity (Wildman–Crippen MR) is 106 cm³/mol. The van der Waals surface area contributed by atoms with Crippen molar-refractivity contribution in [3.63, 3.8) is 0 Å². The van der Waals surface area contributed by atoms with E-state index in [-0.39, 0.29) is 24.6 Å². The summed E-state index contributed by atoms with van der Waals surface area (Å²) in [5, 5.41) is 3.56. The second kappa shape index (κ2) is 8.58. The molecular weight excluding hydrogens is 411 g/mol. The molecular formula is C21H26F3N5O2. The Morgan fingerprint density at radius 2 is 2.03 bits per heavy atom. The summed E-state index contributed by atoms with van der Waals surface area (Å²) < 4.78 is 45.3. The van der Waals surface area contributed by atoms with Gasteiger partial charge < -0.3 is 9.64 Å². The molecule has 0 N–H and O–H groups in total. The van der Waals surface area contributed by atoms with Gasteiger partial charge in [0.1, 0.15) is 6.54 Å². The number of pyridine rings is 1. The molecule has 2 fully saturated rings. The quantitative estimate of drug-likeness (QED) is 0.720. The van der Waals surface area contributed by atoms with Crippen molar-refractivity contribution < 1.29 is 22.7 Å². The van der Waals surface area contributed by atoms with Gasteiger partial charge in [-0.05, 0) is 37.5 Å². The third-order valence-electron chi connectivity index (χ3n) is 6.27. The third kappa shape index (κ3) is 4.45. The molecule has 2 atom stereocenters. The van der Waals surface area contributed by atoms with E-state index in [4.69, 9.17) is 4.74 Å². The third-order valence-corrected chi connectivity index (χ3v) is 6.27. The van der Waals surface area contributed by atoms with Crippen molar-refractivity contribution >= 4 is 5.91 Å². The van der Waals surface area contributed by atoms with Gasteiger partial charge in [-0.15, -0.1) is 0 Å². The summed E-state index contributed by atoms with van der Waals surface area (Å²) in [6.07, 6.45) is 0.838. The first kappa shape index (κ1) is 21.8. The summed E-state index contributed by atoms with van der Waals surface area (Å²) in [4.78, 5) is 21.0. The van der Waals surface area contributed by atoms with E-state index in [1.807, 2.05) is 12.3 Å². The van der Waals surface area contributed by atoms with E-state index in [9.17, 15) is 18.0 Å². The summed E-state index contributed by atoms with van der Waals surface area (Å²) in [5.74, 6) is -0.208. The summed E-state index contributed by atoms with van der Waals surface area (Å²) in [6, 6.07) is 5.41. The molecule has 1 amide bonds. The van der Waals surface area contributed by atoms with Crippen molar-refractivity contribution in [2.75, 3.05) is 26.7 Å². The number of hydrogen-bond donors (Lipinski definition) is 0. The van der Waals surface area contributed by atoms with Gasteiger partial charge in [-0.3, -0.25) is 19.4 Å². The molecule has 10 heteroatoms. The number of hydrogen-bond acceptors (Lipinski definition) is 5. The SMILES string of the molecule is COC1CN(C2CCN(C(=O)Cn3nc(C(F)(F)F)cc3C)CC2)C1c1cccnc1. The van der Waals surface area contributed by atoms with Crippen LogP contribution in [0.4, 0.5) is 13.2 Å². The van der Waals surface area contributed by atoms with E-state index in [0.29, 0.717) is 24.8 Å². The maximum Gasteiger partial charge on any atom is 0.435 e. The van der Waals surface area contributed by atoms with Gasteiger partial charge in [0.25, 0.3) is 0 Å². The van der Waals surface area contributed by atoms with Crippen LogP contribution in [0, 0.1) is 6.92 Å². The van der Waals surface area contributed by atoms with Crippen LogP contribution in [-0.2, 0) is 22.3 Å². The van der Waals surface area contributed by atoms with Crippen molar-refractivity contribution in [2.24, 2.45) is 0 Å². The van der Waals surface area contributed by atoms with Crippen LogP contribution in [0.1, 0.15) is 35.8 Å². The fraction of sp³-hybridized carbons (Fsp3) is 0.571. The standard InChI is InChI=1S/C21H26F3N5O2/c1-14-10-18(21(22,23)24)26-29(14)13-19(30)27-8-5-16(6-9-27)28-12-17(31-2)20(28)15-4-3-7-25-11-15/h3-4,7,10-11,16-17,20H,5-6,8-9,12-13H2,1-2H3. The minimum absolute atomic E-state index is 0.120. The maximum absolute atomic E-state index is 12.8. The molecule has 4 heterocycles. The van der Waals surface area contributed by atoms with Crippen molar-refractivity contribution in [3.05, 3.63) is 47.5 Å². The van der Waals surface area contributed by atoms with Crippen molar-refractivity contribution in [1.82, 2.24) is 24.6 Å². The number of methoxy groups -OCH3 is 1. The molecule has 2 unspecified atom stereocenters. The highest BCUT2D eigenvalue weighted by molar-refractivity contribution is 5.76. The normalized spacial score (nSPS) is 23.1. The van der Waals surface area contributed by atoms with Crippen LogP contribution in [0.25, 0.3) is 0 Å². The summed E-state index contributed by atoms with van der Waals surface area (Å²) >= 11 is 0. The number of alkyl halides is 3. The number of aryl methyl sites for hydroxylation is 1. The topological polar surface area (TPSA) is 63.5 Å². The Morgan fingerprint density at radius 3 is 2.61 bits per heavy atom. The lowest BCUT2D eigenvalue weighted by atomic mass is 9.87. The Kier molecular flexibility index (Phi) is 6.02. The van der Waals surface area contributed by atoms with E-state index in [1.165, 1.54) is 6.92 Å². The summed E-state index contributed by atoms with van der Waals surface area (Å²) in [6.45, 7) is 3.33. The van der Waals surface area contributed by atoms with Gasteiger partial charge in [0.2, 0.25) is 5.91 Å². The van der Waals surface area contributed by atoms with Gasteiger partial charge >= 0.3 is 6.18 Å². The van der Waals surface area contributed by atoms with Gasteiger partial charge in [-0.1, -0.05) is 6.07 Å². The number of carbonyl (C=O) groups excluding carboxylic acids is 1. The van der Waals surface area contributed by atoms with Gasteiger partial charge in [0.15, 0.2) is 5.69 Å². The number of aromatic nitrogens is 3. The van der Waals surface area contributed by atoms with Crippen molar-refractivity contribution in [3.8, 4) is 0 Å². The molecule has 4 rings (SSSR count). The van der Waals surface area contributed by atoms with Gasteiger partial charge in [-0.2, -0.15) is 18.3 Å². The average Bonchev–Trinajstić information content (AvgIpc) is 3.10. The number of ether oxygens (including phenoxy) is 1. The minimum atomic E-state index is -4.51. The highest BCUT2D eigenvalue weighted by Crippen LogP contribution is 2.39. The van der Waals surface area contributed by atoms with E-state index in [1.54, 1.807) is 18.2 Å². The fourth-order valence-corrected chi connectivity index (χ4v) is 4.52. The molecule has 7 nitrogen and oxygen atoms in total. The number of amides is 1. The molecule has 2 saturated heterocycles. The van der Waals surface area contributed by atoms with E-state index in [0.717, 1.165) is 35.7 Å². The number of likely N-dealkylation sites (tertiary alicyclic amines) is 2. The number of piperidine rings is 1. The molecule has 31 heavy (non-hydrogen) atoms. The number of halogens is 3. The van der Waals surface area contributed by atoms with Crippen LogP contribution < -0.4 is 0 Å². The average molecular weight is 437 g/mol. The van der Waals surface area contributed by atoms with Gasteiger partial charge in [0.05, 0.1) is 12.1 Å². The summed E-state index contributed by atoms with van der Waals surface area (Å²) in [7, 11) is 1.72. The zero-order chi connectivity index (χ0) is 22.2. The second-order valence-corrected chi connectivity index (χ2v) is 8.14. The molecule has 2 aromatic heterocycles. The minimum Gasteiger partial charge on any atom is -0.378 e. The zero-order valence-corrected chi connectivity index (χ0v) is 17.5. The van der Waals surface area contributed by atoms with Gasteiger partial charge in [0, 0.05) is 50.9 Å². The molecule has 2 aliphatic rings. The van der Waals surface area contributed by atoms with Crippen molar-refractivity contribution in [2.45, 2.75) is 50.7 Å². The Balaban J connectivity index is 1.35. The fourth-order valence-electron chi connectivity index (χ4n) is 4.52. The Bertz CT molecular complexity index is 909. The molecule has 168 valence electrons. The molecule has 0 spiro atoms. The lowest BCUT2D eigenvalue weighted by molar-refractivity contribution is -0.142. The van der Waals surface area contributed by atoms with Crippen LogP contribution in [0.3, 0.4) is 0 Å².